The molecule has 0 heterocycles. The normalized spacial score (nSPS) is 12.7. The van der Waals surface area contributed by atoms with Crippen molar-refractivity contribution >= 4 is 59.7 Å². The molecule has 0 saturated heterocycles. The second-order valence-electron chi connectivity index (χ2n) is 8.72. The zero-order valence-electron chi connectivity index (χ0n) is 26.0. The van der Waals surface area contributed by atoms with Crippen molar-refractivity contribution in [2.75, 3.05) is 52.9 Å². The molecular weight excluding hydrogens is 664 g/mol. The standard InChI is InChI=1S/C26H34O22/c1-13(45-21(33)11-43-25(37)15(3)47-19(31)9-41-17(29)7-27)23(35)39-5-6-40-24(36)14(2)46-22(34)12-44-26(38)16(4)48-20(32)10-42-18(30)8-28/h13-16,27-28H,5-12H2,1-4H3. The molecule has 0 aliphatic carbocycles. The van der Waals surface area contributed by atoms with E-state index in [0.29, 0.717) is 0 Å². The van der Waals surface area contributed by atoms with Crippen LogP contribution >= 0.6 is 0 Å². The molecule has 0 aromatic carbocycles. The zero-order chi connectivity index (χ0) is 36.8. The lowest BCUT2D eigenvalue weighted by Gasteiger charge is -2.15. The highest BCUT2D eigenvalue weighted by Crippen LogP contribution is 2.02. The van der Waals surface area contributed by atoms with E-state index < -0.39 is 137 Å². The van der Waals surface area contributed by atoms with Crippen LogP contribution in [0, 0.1) is 0 Å². The summed E-state index contributed by atoms with van der Waals surface area (Å²) in [6.07, 6.45) is -6.03. The van der Waals surface area contributed by atoms with Gasteiger partial charge in [0.1, 0.15) is 26.4 Å². The molecule has 0 aliphatic heterocycles. The Hall–Kier alpha value is -5.38. The lowest BCUT2D eigenvalue weighted by molar-refractivity contribution is -0.179. The first-order valence-electron chi connectivity index (χ1n) is 13.5. The molecule has 48 heavy (non-hydrogen) atoms. The van der Waals surface area contributed by atoms with Crippen molar-refractivity contribution in [2.45, 2.75) is 52.1 Å². The van der Waals surface area contributed by atoms with E-state index in [1.165, 1.54) is 0 Å². The fourth-order valence-corrected chi connectivity index (χ4v) is 2.50. The summed E-state index contributed by atoms with van der Waals surface area (Å²) in [6.45, 7) is -2.33. The number of ether oxygens (including phenoxy) is 10. The molecule has 4 atom stereocenters. The second-order valence-corrected chi connectivity index (χ2v) is 8.72. The Balaban J connectivity index is 4.28. The van der Waals surface area contributed by atoms with Gasteiger partial charge in [-0.1, -0.05) is 0 Å². The second kappa shape index (κ2) is 23.0. The van der Waals surface area contributed by atoms with Gasteiger partial charge in [0.25, 0.3) is 0 Å². The number of aliphatic hydroxyl groups excluding tert-OH is 2. The molecule has 0 saturated carbocycles. The summed E-state index contributed by atoms with van der Waals surface area (Å²) in [5, 5.41) is 17.0. The average molecular weight is 699 g/mol. The first-order valence-corrected chi connectivity index (χ1v) is 13.5. The maximum Gasteiger partial charge on any atom is 0.347 e. The molecule has 0 fully saturated rings. The van der Waals surface area contributed by atoms with Gasteiger partial charge < -0.3 is 57.6 Å². The largest absolute Gasteiger partial charge is 0.459 e. The summed E-state index contributed by atoms with van der Waals surface area (Å²) < 4.78 is 46.0. The maximum atomic E-state index is 12.0. The summed E-state index contributed by atoms with van der Waals surface area (Å²) in [5.74, 6) is -11.4. The van der Waals surface area contributed by atoms with E-state index in [-0.39, 0.29) is 0 Å². The van der Waals surface area contributed by atoms with Crippen molar-refractivity contribution < 1.29 is 106 Å². The Morgan fingerprint density at radius 3 is 0.854 bits per heavy atom. The summed E-state index contributed by atoms with van der Waals surface area (Å²) in [6, 6.07) is 0. The highest BCUT2D eigenvalue weighted by atomic mass is 16.7. The minimum absolute atomic E-state index is 0.522. The fourth-order valence-electron chi connectivity index (χ4n) is 2.50. The molecule has 4 unspecified atom stereocenters. The van der Waals surface area contributed by atoms with Crippen molar-refractivity contribution in [2.24, 2.45) is 0 Å². The van der Waals surface area contributed by atoms with Crippen molar-refractivity contribution in [3.8, 4) is 0 Å². The van der Waals surface area contributed by atoms with Crippen LogP contribution in [0.2, 0.25) is 0 Å². The predicted octanol–water partition coefficient (Wildman–Crippen LogP) is -4.04. The molecule has 0 aromatic rings. The van der Waals surface area contributed by atoms with E-state index in [4.69, 9.17) is 29.2 Å². The van der Waals surface area contributed by atoms with Crippen molar-refractivity contribution in [1.29, 1.82) is 0 Å². The number of hydrogen-bond acceptors (Lipinski definition) is 22. The van der Waals surface area contributed by atoms with Crippen LogP contribution in [0.4, 0.5) is 0 Å². The van der Waals surface area contributed by atoms with Gasteiger partial charge in [0.05, 0.1) is 0 Å². The monoisotopic (exact) mass is 698 g/mol. The van der Waals surface area contributed by atoms with Crippen molar-refractivity contribution in [3.05, 3.63) is 0 Å². The first-order chi connectivity index (χ1) is 22.5. The molecule has 22 nitrogen and oxygen atoms in total. The third-order valence-corrected chi connectivity index (χ3v) is 4.76. The molecule has 0 radical (unpaired) electrons. The highest BCUT2D eigenvalue weighted by molar-refractivity contribution is 5.85. The van der Waals surface area contributed by atoms with Crippen LogP contribution in [0.1, 0.15) is 27.7 Å². The van der Waals surface area contributed by atoms with Crippen LogP contribution in [0.5, 0.6) is 0 Å². The van der Waals surface area contributed by atoms with E-state index in [0.717, 1.165) is 27.7 Å². The molecular formula is C26H34O22. The molecule has 2 N–H and O–H groups in total. The third kappa shape index (κ3) is 19.2. The van der Waals surface area contributed by atoms with Gasteiger partial charge in [0.15, 0.2) is 50.8 Å². The quantitative estimate of drug-likeness (QED) is 0.0654. The molecule has 0 spiro atoms. The third-order valence-electron chi connectivity index (χ3n) is 4.76. The van der Waals surface area contributed by atoms with Gasteiger partial charge in [-0.15, -0.1) is 0 Å². The van der Waals surface area contributed by atoms with Crippen LogP contribution in [-0.4, -0.2) is 147 Å². The maximum absolute atomic E-state index is 12.0. The Bertz CT molecular complexity index is 1090. The van der Waals surface area contributed by atoms with Crippen LogP contribution in [0.3, 0.4) is 0 Å². The SMILES string of the molecule is CC(OC(=O)COC(=O)CO)C(=O)OCC(=O)OC(C)C(=O)OCCOC(=O)C(C)OC(=O)COC(=O)C(C)OC(=O)COC(=O)CO. The summed E-state index contributed by atoms with van der Waals surface area (Å²) in [5.41, 5.74) is 0. The van der Waals surface area contributed by atoms with Crippen LogP contribution in [-0.2, 0) is 95.3 Å². The van der Waals surface area contributed by atoms with Gasteiger partial charge in [-0.3, -0.25) is 0 Å². The van der Waals surface area contributed by atoms with Crippen LogP contribution in [0.15, 0.2) is 0 Å². The van der Waals surface area contributed by atoms with E-state index >= 15 is 0 Å². The Labute approximate surface area is 270 Å². The number of hydrogen-bond donors (Lipinski definition) is 2. The Morgan fingerprint density at radius 2 is 0.604 bits per heavy atom. The van der Waals surface area contributed by atoms with E-state index in [2.05, 4.69) is 28.4 Å². The minimum atomic E-state index is -1.51. The molecule has 0 bridgehead atoms. The summed E-state index contributed by atoms with van der Waals surface area (Å²) >= 11 is 0. The average Bonchev–Trinajstić information content (AvgIpc) is 3.04. The number of rotatable bonds is 21. The number of aliphatic hydroxyl groups is 2. The molecule has 22 heteroatoms. The summed E-state index contributed by atoms with van der Waals surface area (Å²) in [4.78, 5) is 116. The Morgan fingerprint density at radius 1 is 0.375 bits per heavy atom. The van der Waals surface area contributed by atoms with Gasteiger partial charge in [0.2, 0.25) is 0 Å². The lowest BCUT2D eigenvalue weighted by Crippen LogP contribution is -2.33. The van der Waals surface area contributed by atoms with Gasteiger partial charge >= 0.3 is 59.7 Å². The molecule has 0 aromatic heterocycles. The molecule has 0 rings (SSSR count). The molecule has 270 valence electrons. The van der Waals surface area contributed by atoms with Gasteiger partial charge in [0, 0.05) is 0 Å². The van der Waals surface area contributed by atoms with E-state index in [9.17, 15) is 47.9 Å². The van der Waals surface area contributed by atoms with Crippen LogP contribution < -0.4 is 0 Å². The molecule has 0 amide bonds. The zero-order valence-corrected chi connectivity index (χ0v) is 26.0. The first kappa shape index (κ1) is 42.6. The lowest BCUT2D eigenvalue weighted by atomic mass is 10.4. The minimum Gasteiger partial charge on any atom is -0.459 e. The topological polar surface area (TPSA) is 303 Å². The van der Waals surface area contributed by atoms with Crippen molar-refractivity contribution in [3.63, 3.8) is 0 Å². The van der Waals surface area contributed by atoms with Gasteiger partial charge in [-0.2, -0.15) is 0 Å². The highest BCUT2D eigenvalue weighted by Gasteiger charge is 2.26. The number of carbonyl (C=O) groups is 10. The fraction of sp³-hybridized carbons (Fsp3) is 0.615. The predicted molar refractivity (Wildman–Crippen MR) is 142 cm³/mol. The molecule has 0 aliphatic rings. The number of carbonyl (C=O) groups excluding carboxylic acids is 10. The number of esters is 10. The van der Waals surface area contributed by atoms with E-state index in [1.54, 1.807) is 0 Å². The van der Waals surface area contributed by atoms with E-state index in [1.807, 2.05) is 0 Å². The smallest absolute Gasteiger partial charge is 0.347 e. The van der Waals surface area contributed by atoms with Crippen LogP contribution in [0.25, 0.3) is 0 Å². The van der Waals surface area contributed by atoms with Crippen molar-refractivity contribution in [1.82, 2.24) is 0 Å². The van der Waals surface area contributed by atoms with Gasteiger partial charge in [-0.25, -0.2) is 47.9 Å². The Kier molecular flexibility index (Phi) is 20.4. The summed E-state index contributed by atoms with van der Waals surface area (Å²) in [7, 11) is 0. The van der Waals surface area contributed by atoms with Gasteiger partial charge in [-0.05, 0) is 27.7 Å².